The van der Waals surface area contributed by atoms with E-state index in [0.29, 0.717) is 45.2 Å². The Kier molecular flexibility index (Phi) is 7.45. The molecule has 2 N–H and O–H groups in total. The smallest absolute Gasteiger partial charge is 0.162 e. The van der Waals surface area contributed by atoms with E-state index >= 15 is 0 Å². The molecule has 48 heavy (non-hydrogen) atoms. The monoisotopic (exact) mass is 670 g/mol. The third-order valence-electron chi connectivity index (χ3n) is 11.4. The highest BCUT2D eigenvalue weighted by atomic mass is 32.2. The van der Waals surface area contributed by atoms with Crippen LogP contribution in [0, 0.1) is 0 Å². The fourth-order valence-electron chi connectivity index (χ4n) is 9.06. The number of nitrogens with one attached hydrogen (secondary N) is 2. The van der Waals surface area contributed by atoms with E-state index in [4.69, 9.17) is 9.98 Å². The lowest BCUT2D eigenvalue weighted by Crippen LogP contribution is -2.55. The minimum atomic E-state index is -0.0892. The van der Waals surface area contributed by atoms with Crippen LogP contribution in [0.5, 0.6) is 0 Å². The molecule has 3 saturated heterocycles. The summed E-state index contributed by atoms with van der Waals surface area (Å²) in [6, 6.07) is 1.71. The van der Waals surface area contributed by atoms with E-state index in [1.807, 2.05) is 0 Å². The summed E-state index contributed by atoms with van der Waals surface area (Å²) in [5, 5.41) is 9.62. The quantitative estimate of drug-likeness (QED) is 0.328. The van der Waals surface area contributed by atoms with Crippen molar-refractivity contribution in [3.63, 3.8) is 0 Å². The Balaban J connectivity index is 0.832. The Morgan fingerprint density at radius 1 is 0.646 bits per heavy atom. The topological polar surface area (TPSA) is 55.3 Å². The molecule has 10 atom stereocenters. The molecule has 6 aliphatic carbocycles. The molecule has 10 aliphatic rings. The molecule has 0 saturated carbocycles. The van der Waals surface area contributed by atoms with Gasteiger partial charge in [-0.3, -0.25) is 5.32 Å². The maximum Gasteiger partial charge on any atom is 0.162 e. The third-order valence-corrected chi connectivity index (χ3v) is 14.5. The van der Waals surface area contributed by atoms with Gasteiger partial charge in [-0.15, -0.1) is 23.5 Å². The van der Waals surface area contributed by atoms with Crippen molar-refractivity contribution < 1.29 is 0 Å². The van der Waals surface area contributed by atoms with Gasteiger partial charge in [-0.25, -0.2) is 9.98 Å². The summed E-state index contributed by atoms with van der Waals surface area (Å²) >= 11 is 4.28. The Morgan fingerprint density at radius 2 is 1.29 bits per heavy atom. The lowest BCUT2D eigenvalue weighted by atomic mass is 9.92. The summed E-state index contributed by atoms with van der Waals surface area (Å²) < 4.78 is 0. The molecule has 10 unspecified atom stereocenters. The molecule has 6 nitrogen and oxygen atoms in total. The Hall–Kier alpha value is -3.46. The van der Waals surface area contributed by atoms with Crippen molar-refractivity contribution in [2.24, 2.45) is 9.98 Å². The first-order valence-electron chi connectivity index (χ1n) is 17.8. The Morgan fingerprint density at radius 3 is 1.94 bits per heavy atom. The summed E-state index contributed by atoms with van der Waals surface area (Å²) in [4.78, 5) is 15.5. The number of nitrogens with zero attached hydrogens (tertiary/aromatic N) is 4. The molecule has 8 heteroatoms. The summed E-state index contributed by atoms with van der Waals surface area (Å²) in [5.41, 5.74) is 5.53. The van der Waals surface area contributed by atoms with Gasteiger partial charge in [0.05, 0.1) is 24.2 Å². The number of fused-ring (bicyclic) bond motifs is 5. The third kappa shape index (κ3) is 5.05. The first kappa shape index (κ1) is 29.5. The zero-order chi connectivity index (χ0) is 31.6. The van der Waals surface area contributed by atoms with E-state index in [2.05, 4.69) is 153 Å². The number of allylic oxidation sites excluding steroid dienone is 13. The largest absolute Gasteiger partial charge is 0.359 e. The Bertz CT molecular complexity index is 1750. The number of aliphatic imine (C=N–C) groups is 2. The van der Waals surface area contributed by atoms with Gasteiger partial charge in [0.1, 0.15) is 12.0 Å². The van der Waals surface area contributed by atoms with Gasteiger partial charge < -0.3 is 15.1 Å². The van der Waals surface area contributed by atoms with Crippen molar-refractivity contribution in [1.29, 1.82) is 0 Å². The zero-order valence-electron chi connectivity index (χ0n) is 27.0. The van der Waals surface area contributed by atoms with Crippen LogP contribution in [0.1, 0.15) is 38.5 Å². The van der Waals surface area contributed by atoms with Crippen LogP contribution in [0.15, 0.2) is 142 Å². The number of hydrogen-bond donors (Lipinski definition) is 2. The molecule has 244 valence electrons. The predicted molar refractivity (Wildman–Crippen MR) is 202 cm³/mol. The van der Waals surface area contributed by atoms with E-state index in [1.54, 1.807) is 0 Å². The molecule has 4 heterocycles. The summed E-state index contributed by atoms with van der Waals surface area (Å²) in [5.74, 6) is 1.85. The standard InChI is InChI=1S/C40H42N6S2/c1-5-13-33-29(9-1)45(30-10-2-6-14-34(30)47-33)27-21-17-25(18-22-27)37-41-39-40(42-37)44-38(43-39)26-19-23-28(24-20-26)46-31-11-3-7-15-35(31)48-36-16-8-4-12-32(36)46/h1-7,9-15,17,19,21,23,29-37,39,41H,8,16,18,20,22,24H2,(H,42,43,44). The number of thioether (sulfide) groups is 2. The normalized spacial score (nSPS) is 40.0. The average Bonchev–Trinajstić information content (AvgIpc) is 3.73. The maximum atomic E-state index is 5.08. The summed E-state index contributed by atoms with van der Waals surface area (Å²) in [6.45, 7) is 0. The van der Waals surface area contributed by atoms with Gasteiger partial charge in [-0.05, 0) is 61.8 Å². The van der Waals surface area contributed by atoms with Crippen molar-refractivity contribution >= 4 is 35.2 Å². The molecule has 10 rings (SSSR count). The van der Waals surface area contributed by atoms with Crippen LogP contribution in [0.3, 0.4) is 0 Å². The van der Waals surface area contributed by atoms with E-state index < -0.39 is 0 Å². The molecule has 3 fully saturated rings. The first-order valence-corrected chi connectivity index (χ1v) is 19.7. The molecule has 0 radical (unpaired) electrons. The molecular formula is C40H42N6S2. The van der Waals surface area contributed by atoms with Crippen molar-refractivity contribution in [2.45, 2.75) is 96.0 Å². The highest BCUT2D eigenvalue weighted by Crippen LogP contribution is 2.45. The Labute approximate surface area is 292 Å². The van der Waals surface area contributed by atoms with E-state index in [0.717, 1.165) is 37.4 Å². The second kappa shape index (κ2) is 12.1. The van der Waals surface area contributed by atoms with Gasteiger partial charge in [0.2, 0.25) is 0 Å². The fourth-order valence-corrected chi connectivity index (χ4v) is 12.2. The zero-order valence-corrected chi connectivity index (χ0v) is 28.6. The molecule has 0 aromatic rings. The summed E-state index contributed by atoms with van der Waals surface area (Å²) in [6.07, 6.45) is 48.5. The van der Waals surface area contributed by atoms with E-state index in [-0.39, 0.29) is 12.3 Å². The molecule has 0 bridgehead atoms. The minimum Gasteiger partial charge on any atom is -0.359 e. The van der Waals surface area contributed by atoms with Gasteiger partial charge in [-0.2, -0.15) is 0 Å². The first-order chi connectivity index (χ1) is 23.8. The fraction of sp³-hybridized carbons (Fsp3) is 0.400. The second-order valence-electron chi connectivity index (χ2n) is 14.1. The van der Waals surface area contributed by atoms with Gasteiger partial charge >= 0.3 is 0 Å². The van der Waals surface area contributed by atoms with Crippen molar-refractivity contribution in [3.8, 4) is 0 Å². The molecule has 0 spiro atoms. The molecular weight excluding hydrogens is 629 g/mol. The number of amidine groups is 2. The highest BCUT2D eigenvalue weighted by Gasteiger charge is 2.44. The van der Waals surface area contributed by atoms with Crippen LogP contribution < -0.4 is 10.6 Å². The molecule has 0 aromatic carbocycles. The highest BCUT2D eigenvalue weighted by molar-refractivity contribution is 8.01. The SMILES string of the molecule is C1=CC2SC3C=CC=CC3N(C3=CC=C(C4NC5=NC(C6=CC=C(N7C8C=CC=CC8SC8CCC=CC87)CC6)=NC5N4)CC3)C2C=C1. The predicted octanol–water partition coefficient (Wildman–Crippen LogP) is 6.62. The van der Waals surface area contributed by atoms with Crippen LogP contribution >= 0.6 is 23.5 Å². The lowest BCUT2D eigenvalue weighted by molar-refractivity contribution is 0.217. The van der Waals surface area contributed by atoms with Crippen LogP contribution in [0.4, 0.5) is 0 Å². The lowest BCUT2D eigenvalue weighted by Gasteiger charge is -2.51. The van der Waals surface area contributed by atoms with Crippen LogP contribution in [0.25, 0.3) is 0 Å². The molecule has 0 amide bonds. The van der Waals surface area contributed by atoms with Crippen LogP contribution in [-0.2, 0) is 0 Å². The molecule has 4 aliphatic heterocycles. The van der Waals surface area contributed by atoms with Gasteiger partial charge in [0.15, 0.2) is 12.0 Å². The van der Waals surface area contributed by atoms with Crippen molar-refractivity contribution in [2.75, 3.05) is 0 Å². The van der Waals surface area contributed by atoms with Crippen molar-refractivity contribution in [1.82, 2.24) is 20.4 Å². The molecule has 0 aromatic heterocycles. The van der Waals surface area contributed by atoms with E-state index in [1.165, 1.54) is 35.4 Å². The number of rotatable bonds is 4. The maximum absolute atomic E-state index is 5.08. The van der Waals surface area contributed by atoms with Crippen molar-refractivity contribution in [3.05, 3.63) is 132 Å². The van der Waals surface area contributed by atoms with Crippen LogP contribution in [0.2, 0.25) is 0 Å². The average molecular weight is 671 g/mol. The van der Waals surface area contributed by atoms with Gasteiger partial charge in [0.25, 0.3) is 0 Å². The second-order valence-corrected chi connectivity index (χ2v) is 16.9. The van der Waals surface area contributed by atoms with E-state index in [9.17, 15) is 0 Å². The van der Waals surface area contributed by atoms with Crippen LogP contribution in [-0.4, -0.2) is 79.0 Å². The number of hydrogen-bond acceptors (Lipinski definition) is 8. The van der Waals surface area contributed by atoms with Gasteiger partial charge in [0, 0.05) is 32.4 Å². The minimum absolute atomic E-state index is 0.0788. The van der Waals surface area contributed by atoms with Gasteiger partial charge in [-0.1, -0.05) is 97.2 Å². The summed E-state index contributed by atoms with van der Waals surface area (Å²) in [7, 11) is 0.